The summed E-state index contributed by atoms with van der Waals surface area (Å²) in [4.78, 5) is 21.0. The van der Waals surface area contributed by atoms with Gasteiger partial charge in [0, 0.05) is 16.6 Å². The number of carbonyl (C=O) groups is 1. The van der Waals surface area contributed by atoms with Gasteiger partial charge in [0.1, 0.15) is 5.01 Å². The van der Waals surface area contributed by atoms with Gasteiger partial charge in [0.15, 0.2) is 23.8 Å². The highest BCUT2D eigenvalue weighted by molar-refractivity contribution is 7.10. The molecule has 0 spiro atoms. The first kappa shape index (κ1) is 15.1. The molecule has 0 bridgehead atoms. The van der Waals surface area contributed by atoms with Crippen molar-refractivity contribution in [3.63, 3.8) is 0 Å². The molecule has 2 aromatic heterocycles. The molecule has 0 radical (unpaired) electrons. The molecule has 0 saturated heterocycles. The summed E-state index contributed by atoms with van der Waals surface area (Å²) in [7, 11) is 0. The summed E-state index contributed by atoms with van der Waals surface area (Å²) < 4.78 is 5.39. The maximum atomic E-state index is 12.7. The number of Topliss-reactive ketones (excluding diaryl/α,β-unsaturated/α-hetero) is 1. The lowest BCUT2D eigenvalue weighted by atomic mass is 10.00. The third kappa shape index (κ3) is 2.91. The van der Waals surface area contributed by atoms with E-state index in [1.807, 2.05) is 49.6 Å². The second-order valence-electron chi connectivity index (χ2n) is 5.15. The van der Waals surface area contributed by atoms with Crippen LogP contribution in [0.5, 0.6) is 0 Å². The highest BCUT2D eigenvalue weighted by Crippen LogP contribution is 2.29. The number of rotatable bonds is 4. The molecule has 0 saturated carbocycles. The fourth-order valence-electron chi connectivity index (χ4n) is 2.20. The van der Waals surface area contributed by atoms with Gasteiger partial charge in [-0.1, -0.05) is 29.8 Å². The van der Waals surface area contributed by atoms with E-state index in [1.54, 1.807) is 0 Å². The monoisotopic (exact) mass is 323 g/mol. The SMILES string of the molecule is Cc1ccc(-c2ocnc2C(=O)C(C#N)c2nc(C)cs2)cc1. The molecule has 114 valence electrons. The van der Waals surface area contributed by atoms with Gasteiger partial charge in [0.2, 0.25) is 5.78 Å². The van der Waals surface area contributed by atoms with Gasteiger partial charge in [0.25, 0.3) is 0 Å². The van der Waals surface area contributed by atoms with Crippen molar-refractivity contribution in [2.45, 2.75) is 19.8 Å². The average Bonchev–Trinajstić information content (AvgIpc) is 3.18. The number of nitriles is 1. The Morgan fingerprint density at radius 2 is 2.04 bits per heavy atom. The van der Waals surface area contributed by atoms with Crippen molar-refractivity contribution in [3.05, 3.63) is 58.0 Å². The van der Waals surface area contributed by atoms with Crippen molar-refractivity contribution in [2.75, 3.05) is 0 Å². The van der Waals surface area contributed by atoms with Crippen molar-refractivity contribution in [2.24, 2.45) is 0 Å². The Labute approximate surface area is 137 Å². The molecule has 6 heteroatoms. The lowest BCUT2D eigenvalue weighted by Crippen LogP contribution is -2.12. The number of hydrogen-bond donors (Lipinski definition) is 0. The quantitative estimate of drug-likeness (QED) is 0.680. The number of hydrogen-bond acceptors (Lipinski definition) is 6. The zero-order chi connectivity index (χ0) is 16.4. The third-order valence-corrected chi connectivity index (χ3v) is 4.42. The Morgan fingerprint density at radius 3 is 2.65 bits per heavy atom. The molecule has 1 aromatic carbocycles. The van der Waals surface area contributed by atoms with Gasteiger partial charge in [-0.3, -0.25) is 4.79 Å². The van der Waals surface area contributed by atoms with Gasteiger partial charge >= 0.3 is 0 Å². The number of carbonyl (C=O) groups excluding carboxylic acids is 1. The summed E-state index contributed by atoms with van der Waals surface area (Å²) in [6.07, 6.45) is 1.23. The van der Waals surface area contributed by atoms with Gasteiger partial charge in [-0.25, -0.2) is 9.97 Å². The highest BCUT2D eigenvalue weighted by Gasteiger charge is 2.29. The van der Waals surface area contributed by atoms with Crippen molar-refractivity contribution in [3.8, 4) is 17.4 Å². The molecule has 0 aliphatic carbocycles. The molecule has 5 nitrogen and oxygen atoms in total. The van der Waals surface area contributed by atoms with E-state index >= 15 is 0 Å². The first-order valence-corrected chi connectivity index (χ1v) is 7.84. The third-order valence-electron chi connectivity index (χ3n) is 3.39. The van der Waals surface area contributed by atoms with Crippen LogP contribution in [0.3, 0.4) is 0 Å². The molecule has 23 heavy (non-hydrogen) atoms. The predicted octanol–water partition coefficient (Wildman–Crippen LogP) is 3.91. The maximum absolute atomic E-state index is 12.7. The Bertz CT molecular complexity index is 887. The van der Waals surface area contributed by atoms with Gasteiger partial charge in [-0.15, -0.1) is 11.3 Å². The minimum Gasteiger partial charge on any atom is -0.443 e. The van der Waals surface area contributed by atoms with Crippen LogP contribution in [0.4, 0.5) is 0 Å². The highest BCUT2D eigenvalue weighted by atomic mass is 32.1. The van der Waals surface area contributed by atoms with E-state index in [0.29, 0.717) is 10.8 Å². The van der Waals surface area contributed by atoms with E-state index in [1.165, 1.54) is 17.7 Å². The molecule has 3 aromatic rings. The van der Waals surface area contributed by atoms with Crippen molar-refractivity contribution in [1.29, 1.82) is 5.26 Å². The van der Waals surface area contributed by atoms with Crippen LogP contribution >= 0.6 is 11.3 Å². The van der Waals surface area contributed by atoms with Gasteiger partial charge in [-0.05, 0) is 13.8 Å². The number of oxazole rings is 1. The topological polar surface area (TPSA) is 79.8 Å². The van der Waals surface area contributed by atoms with E-state index < -0.39 is 11.7 Å². The van der Waals surface area contributed by atoms with Gasteiger partial charge < -0.3 is 4.42 Å². The molecule has 0 amide bonds. The smallest absolute Gasteiger partial charge is 0.209 e. The van der Waals surface area contributed by atoms with Crippen LogP contribution in [-0.4, -0.2) is 15.8 Å². The molecule has 1 unspecified atom stereocenters. The van der Waals surface area contributed by atoms with E-state index in [4.69, 9.17) is 4.42 Å². The summed E-state index contributed by atoms with van der Waals surface area (Å²) in [6.45, 7) is 3.81. The van der Waals surface area contributed by atoms with Crippen LogP contribution in [0.25, 0.3) is 11.3 Å². The van der Waals surface area contributed by atoms with E-state index in [-0.39, 0.29) is 5.69 Å². The maximum Gasteiger partial charge on any atom is 0.209 e. The Hall–Kier alpha value is -2.78. The van der Waals surface area contributed by atoms with Crippen LogP contribution in [0.15, 0.2) is 40.5 Å². The lowest BCUT2D eigenvalue weighted by Gasteiger charge is -2.05. The predicted molar refractivity (Wildman–Crippen MR) is 86.2 cm³/mol. The second kappa shape index (κ2) is 6.15. The van der Waals surface area contributed by atoms with Gasteiger partial charge in [0.05, 0.1) is 6.07 Å². The van der Waals surface area contributed by atoms with Crippen LogP contribution in [0.2, 0.25) is 0 Å². The Kier molecular flexibility index (Phi) is 4.04. The molecule has 3 rings (SSSR count). The molecule has 0 aliphatic rings. The van der Waals surface area contributed by atoms with Crippen molar-refractivity contribution >= 4 is 17.1 Å². The summed E-state index contributed by atoms with van der Waals surface area (Å²) in [5, 5.41) is 11.7. The molecule has 1 atom stereocenters. The summed E-state index contributed by atoms with van der Waals surface area (Å²) in [5.41, 5.74) is 2.81. The van der Waals surface area contributed by atoms with Crippen molar-refractivity contribution in [1.82, 2.24) is 9.97 Å². The largest absolute Gasteiger partial charge is 0.443 e. The van der Waals surface area contributed by atoms with E-state index in [2.05, 4.69) is 9.97 Å². The van der Waals surface area contributed by atoms with E-state index in [9.17, 15) is 10.1 Å². The van der Waals surface area contributed by atoms with Crippen molar-refractivity contribution < 1.29 is 9.21 Å². The van der Waals surface area contributed by atoms with Crippen LogP contribution < -0.4 is 0 Å². The fourth-order valence-corrected chi connectivity index (χ4v) is 3.04. The standard InChI is InChI=1S/C17H13N3O2S/c1-10-3-5-12(6-4-10)16-14(19-9-22-16)15(21)13(7-18)17-20-11(2)8-23-17/h3-6,8-9,13H,1-2H3. The minimum atomic E-state index is -0.969. The number of aromatic nitrogens is 2. The van der Waals surface area contributed by atoms with Crippen LogP contribution in [0.1, 0.15) is 32.7 Å². The molecule has 0 aliphatic heterocycles. The first-order chi connectivity index (χ1) is 11.1. The molecular weight excluding hydrogens is 310 g/mol. The summed E-state index contributed by atoms with van der Waals surface area (Å²) in [6, 6.07) is 9.61. The number of ketones is 1. The number of thiazole rings is 1. The summed E-state index contributed by atoms with van der Waals surface area (Å²) in [5.74, 6) is -0.988. The van der Waals surface area contributed by atoms with Crippen LogP contribution in [0, 0.1) is 25.2 Å². The molecular formula is C17H13N3O2S. The van der Waals surface area contributed by atoms with E-state index in [0.717, 1.165) is 16.8 Å². The minimum absolute atomic E-state index is 0.160. The summed E-state index contributed by atoms with van der Waals surface area (Å²) >= 11 is 1.30. The Balaban J connectivity index is 1.99. The van der Waals surface area contributed by atoms with Gasteiger partial charge in [-0.2, -0.15) is 5.26 Å². The van der Waals surface area contributed by atoms with Crippen LogP contribution in [-0.2, 0) is 0 Å². The normalized spacial score (nSPS) is 11.9. The molecule has 0 fully saturated rings. The zero-order valence-electron chi connectivity index (χ0n) is 12.6. The molecule has 2 heterocycles. The lowest BCUT2D eigenvalue weighted by molar-refractivity contribution is 0.0975. The zero-order valence-corrected chi connectivity index (χ0v) is 13.4. The second-order valence-corrected chi connectivity index (χ2v) is 6.04. The first-order valence-electron chi connectivity index (χ1n) is 6.96. The number of benzene rings is 1. The molecule has 0 N–H and O–H groups in total. The average molecular weight is 323 g/mol. The number of aryl methyl sites for hydroxylation is 2. The fraction of sp³-hybridized carbons (Fsp3) is 0.176. The number of nitrogens with zero attached hydrogens (tertiary/aromatic N) is 3. The Morgan fingerprint density at radius 1 is 1.30 bits per heavy atom.